The van der Waals surface area contributed by atoms with Gasteiger partial charge in [0.05, 0.1) is 36.8 Å². The average molecular weight is 488 g/mol. The van der Waals surface area contributed by atoms with Crippen molar-refractivity contribution >= 4 is 21.6 Å². The van der Waals surface area contributed by atoms with Crippen molar-refractivity contribution < 1.29 is 22.7 Å². The third-order valence-electron chi connectivity index (χ3n) is 7.02. The van der Waals surface area contributed by atoms with Gasteiger partial charge >= 0.3 is 0 Å². The molecule has 184 valence electrons. The number of rotatable bonds is 5. The normalized spacial score (nSPS) is 20.6. The molecule has 8 nitrogen and oxygen atoms in total. The predicted octanol–water partition coefficient (Wildman–Crippen LogP) is 2.82. The number of nitrogens with one attached hydrogen (secondary N) is 1. The van der Waals surface area contributed by atoms with E-state index >= 15 is 0 Å². The highest BCUT2D eigenvalue weighted by Gasteiger charge is 2.47. The van der Waals surface area contributed by atoms with Crippen molar-refractivity contribution in [1.82, 2.24) is 10.2 Å². The molecule has 0 bridgehead atoms. The summed E-state index contributed by atoms with van der Waals surface area (Å²) in [4.78, 5) is 15.8. The van der Waals surface area contributed by atoms with Crippen LogP contribution >= 0.6 is 0 Å². The highest BCUT2D eigenvalue weighted by atomic mass is 32.2. The smallest absolute Gasteiger partial charge is 0.264 e. The minimum Gasteiger partial charge on any atom is -0.497 e. The van der Waals surface area contributed by atoms with E-state index in [9.17, 15) is 13.2 Å². The van der Waals surface area contributed by atoms with Crippen LogP contribution in [0, 0.1) is 13.8 Å². The Labute approximate surface area is 201 Å². The number of methoxy groups -OCH3 is 2. The van der Waals surface area contributed by atoms with E-state index in [-0.39, 0.29) is 10.8 Å². The van der Waals surface area contributed by atoms with Gasteiger partial charge in [0.2, 0.25) is 5.91 Å². The Morgan fingerprint density at radius 2 is 1.79 bits per heavy atom. The fourth-order valence-corrected chi connectivity index (χ4v) is 7.03. The van der Waals surface area contributed by atoms with E-state index in [2.05, 4.69) is 5.32 Å². The minimum atomic E-state index is -3.95. The molecule has 2 aliphatic heterocycles. The minimum absolute atomic E-state index is 0.0500. The van der Waals surface area contributed by atoms with E-state index in [1.165, 1.54) is 4.31 Å². The number of hydrogen-bond acceptors (Lipinski definition) is 6. The second-order valence-corrected chi connectivity index (χ2v) is 10.7. The molecule has 2 aromatic carbocycles. The average Bonchev–Trinajstić information content (AvgIpc) is 2.96. The number of sulfonamides is 1. The predicted molar refractivity (Wildman–Crippen MR) is 131 cm³/mol. The van der Waals surface area contributed by atoms with Crippen molar-refractivity contribution in [3.8, 4) is 11.5 Å². The zero-order chi connectivity index (χ0) is 24.6. The van der Waals surface area contributed by atoms with Crippen molar-refractivity contribution in [2.45, 2.75) is 44.0 Å². The third kappa shape index (κ3) is 4.01. The van der Waals surface area contributed by atoms with Gasteiger partial charge in [0.25, 0.3) is 10.0 Å². The van der Waals surface area contributed by atoms with Crippen LogP contribution in [0.1, 0.15) is 36.0 Å². The lowest BCUT2D eigenvalue weighted by atomic mass is 9.94. The Bertz CT molecular complexity index is 1190. The summed E-state index contributed by atoms with van der Waals surface area (Å²) < 4.78 is 40.3. The van der Waals surface area contributed by atoms with Crippen LogP contribution < -0.4 is 19.1 Å². The molecule has 1 N–H and O–H groups in total. The van der Waals surface area contributed by atoms with Gasteiger partial charge in [0, 0.05) is 19.6 Å². The summed E-state index contributed by atoms with van der Waals surface area (Å²) in [6.45, 7) is 8.29. The van der Waals surface area contributed by atoms with Gasteiger partial charge in [-0.25, -0.2) is 8.42 Å². The maximum atomic E-state index is 14.1. The highest BCUT2D eigenvalue weighted by molar-refractivity contribution is 7.93. The number of nitrogens with zero attached hydrogens (tertiary/aromatic N) is 2. The molecule has 1 saturated heterocycles. The van der Waals surface area contributed by atoms with Gasteiger partial charge in [-0.15, -0.1) is 0 Å². The molecule has 34 heavy (non-hydrogen) atoms. The SMILES string of the molecule is COc1ccc2c(c1)[C@@H](C(=O)N1CCCNCC1)[C@H](C)N2S(=O)(=O)c1ccc(OC)c(C)c1C. The molecule has 0 unspecified atom stereocenters. The zero-order valence-electron chi connectivity index (χ0n) is 20.4. The van der Waals surface area contributed by atoms with Crippen LogP contribution in [0.5, 0.6) is 11.5 Å². The summed E-state index contributed by atoms with van der Waals surface area (Å²) in [5.41, 5.74) is 2.61. The fourth-order valence-electron chi connectivity index (χ4n) is 5.05. The van der Waals surface area contributed by atoms with Crippen molar-refractivity contribution in [2.75, 3.05) is 44.7 Å². The molecule has 0 aliphatic carbocycles. The zero-order valence-corrected chi connectivity index (χ0v) is 21.2. The van der Waals surface area contributed by atoms with E-state index in [4.69, 9.17) is 9.47 Å². The van der Waals surface area contributed by atoms with E-state index in [1.54, 1.807) is 51.5 Å². The summed E-state index contributed by atoms with van der Waals surface area (Å²) in [6, 6.07) is 7.96. The topological polar surface area (TPSA) is 88.2 Å². The van der Waals surface area contributed by atoms with Gasteiger partial charge < -0.3 is 19.7 Å². The molecule has 2 atom stereocenters. The molecule has 9 heteroatoms. The van der Waals surface area contributed by atoms with Crippen LogP contribution in [-0.2, 0) is 14.8 Å². The first kappa shape index (κ1) is 24.3. The van der Waals surface area contributed by atoms with Gasteiger partial charge in [-0.3, -0.25) is 9.10 Å². The number of hydrogen-bond donors (Lipinski definition) is 1. The van der Waals surface area contributed by atoms with Crippen molar-refractivity contribution in [3.05, 3.63) is 47.0 Å². The maximum absolute atomic E-state index is 14.1. The lowest BCUT2D eigenvalue weighted by molar-refractivity contribution is -0.132. The van der Waals surface area contributed by atoms with Gasteiger partial charge in [0.15, 0.2) is 0 Å². The molecule has 2 aliphatic rings. The van der Waals surface area contributed by atoms with Gasteiger partial charge in [-0.1, -0.05) is 0 Å². The molecular formula is C25H33N3O5S. The Morgan fingerprint density at radius 3 is 2.50 bits per heavy atom. The largest absolute Gasteiger partial charge is 0.497 e. The van der Waals surface area contributed by atoms with Crippen LogP contribution in [0.15, 0.2) is 35.2 Å². The molecule has 1 fully saturated rings. The number of carbonyl (C=O) groups excluding carboxylic acids is 1. The first-order valence-corrected chi connectivity index (χ1v) is 13.0. The van der Waals surface area contributed by atoms with E-state index in [0.717, 1.165) is 25.1 Å². The lowest BCUT2D eigenvalue weighted by Gasteiger charge is -2.30. The van der Waals surface area contributed by atoms with Gasteiger partial charge in [-0.2, -0.15) is 0 Å². The van der Waals surface area contributed by atoms with Crippen LogP contribution in [0.25, 0.3) is 0 Å². The number of fused-ring (bicyclic) bond motifs is 1. The molecule has 2 aromatic rings. The van der Waals surface area contributed by atoms with E-state index < -0.39 is 22.0 Å². The molecule has 0 aromatic heterocycles. The summed E-state index contributed by atoms with van der Waals surface area (Å²) in [5, 5.41) is 3.32. The van der Waals surface area contributed by atoms with Crippen molar-refractivity contribution in [3.63, 3.8) is 0 Å². The van der Waals surface area contributed by atoms with Crippen molar-refractivity contribution in [1.29, 1.82) is 0 Å². The second-order valence-electron chi connectivity index (χ2n) is 8.89. The first-order valence-electron chi connectivity index (χ1n) is 11.6. The standard InChI is InChI=1S/C25H33N3O5S/c1-16-17(2)23(10-9-22(16)33-5)34(30,31)28-18(3)24(20-15-19(32-4)7-8-21(20)28)25(29)27-13-6-11-26-12-14-27/h7-10,15,18,24,26H,6,11-14H2,1-5H3/t18-,24-/m0/s1. The quantitative estimate of drug-likeness (QED) is 0.698. The molecule has 0 saturated carbocycles. The highest BCUT2D eigenvalue weighted by Crippen LogP contribution is 2.47. The number of anilines is 1. The number of benzene rings is 2. The number of ether oxygens (including phenoxy) is 2. The molecule has 0 radical (unpaired) electrons. The molecule has 0 spiro atoms. The van der Waals surface area contributed by atoms with Crippen LogP contribution in [0.2, 0.25) is 0 Å². The monoisotopic (exact) mass is 487 g/mol. The Kier molecular flexibility index (Phi) is 6.78. The molecule has 4 rings (SSSR count). The summed E-state index contributed by atoms with van der Waals surface area (Å²) >= 11 is 0. The lowest BCUT2D eigenvalue weighted by Crippen LogP contribution is -2.44. The third-order valence-corrected chi connectivity index (χ3v) is 9.07. The fraction of sp³-hybridized carbons (Fsp3) is 0.480. The van der Waals surface area contributed by atoms with Crippen LogP contribution in [0.4, 0.5) is 5.69 Å². The Morgan fingerprint density at radius 1 is 1.03 bits per heavy atom. The molecule has 2 heterocycles. The van der Waals surface area contributed by atoms with Crippen LogP contribution in [0.3, 0.4) is 0 Å². The van der Waals surface area contributed by atoms with Crippen molar-refractivity contribution in [2.24, 2.45) is 0 Å². The second kappa shape index (κ2) is 9.46. The summed E-state index contributed by atoms with van der Waals surface area (Å²) in [5.74, 6) is 0.569. The van der Waals surface area contributed by atoms with Crippen LogP contribution in [-0.4, -0.2) is 65.7 Å². The maximum Gasteiger partial charge on any atom is 0.264 e. The Balaban J connectivity index is 1.82. The van der Waals surface area contributed by atoms with E-state index in [0.29, 0.717) is 41.4 Å². The number of carbonyl (C=O) groups is 1. The molecule has 1 amide bonds. The Hall–Kier alpha value is -2.78. The number of amides is 1. The summed E-state index contributed by atoms with van der Waals surface area (Å²) in [7, 11) is -0.818. The first-order chi connectivity index (χ1) is 16.2. The van der Waals surface area contributed by atoms with Gasteiger partial charge in [0.1, 0.15) is 11.5 Å². The van der Waals surface area contributed by atoms with E-state index in [1.807, 2.05) is 18.7 Å². The molecular weight excluding hydrogens is 454 g/mol. The van der Waals surface area contributed by atoms with Gasteiger partial charge in [-0.05, 0) is 80.8 Å². The summed E-state index contributed by atoms with van der Waals surface area (Å²) in [6.07, 6.45) is 0.865.